The van der Waals surface area contributed by atoms with Gasteiger partial charge in [-0.2, -0.15) is 0 Å². The van der Waals surface area contributed by atoms with Crippen molar-refractivity contribution in [2.45, 2.75) is 45.6 Å². The smallest absolute Gasteiger partial charge is 0.227 e. The normalized spacial score (nSPS) is 18.5. The molecule has 106 valence electrons. The third kappa shape index (κ3) is 3.51. The SMILES string of the molecule is CC(C)(CCl)C(=O)NC(c1cccs1)C1CCCC1. The van der Waals surface area contributed by atoms with Crippen molar-refractivity contribution in [2.75, 3.05) is 5.88 Å². The summed E-state index contributed by atoms with van der Waals surface area (Å²) in [7, 11) is 0. The van der Waals surface area contributed by atoms with E-state index in [1.54, 1.807) is 11.3 Å². The van der Waals surface area contributed by atoms with Crippen LogP contribution in [0.3, 0.4) is 0 Å². The Balaban J connectivity index is 2.12. The predicted molar refractivity (Wildman–Crippen MR) is 81.7 cm³/mol. The van der Waals surface area contributed by atoms with Crippen LogP contribution in [0.2, 0.25) is 0 Å². The van der Waals surface area contributed by atoms with E-state index in [1.165, 1.54) is 30.6 Å². The van der Waals surface area contributed by atoms with Crippen molar-refractivity contribution in [1.29, 1.82) is 0 Å². The number of hydrogen-bond donors (Lipinski definition) is 1. The zero-order chi connectivity index (χ0) is 13.9. The van der Waals surface area contributed by atoms with Crippen molar-refractivity contribution in [3.05, 3.63) is 22.4 Å². The molecule has 0 bridgehead atoms. The van der Waals surface area contributed by atoms with Crippen LogP contribution >= 0.6 is 22.9 Å². The molecule has 1 saturated carbocycles. The van der Waals surface area contributed by atoms with E-state index in [0.29, 0.717) is 11.8 Å². The van der Waals surface area contributed by atoms with Gasteiger partial charge in [-0.25, -0.2) is 0 Å². The fourth-order valence-corrected chi connectivity index (χ4v) is 3.57. The summed E-state index contributed by atoms with van der Waals surface area (Å²) in [6, 6.07) is 4.35. The van der Waals surface area contributed by atoms with Gasteiger partial charge in [-0.3, -0.25) is 4.79 Å². The summed E-state index contributed by atoms with van der Waals surface area (Å²) in [5.74, 6) is 0.988. The lowest BCUT2D eigenvalue weighted by Crippen LogP contribution is -2.41. The minimum absolute atomic E-state index is 0.0628. The van der Waals surface area contributed by atoms with Crippen LogP contribution in [0.15, 0.2) is 17.5 Å². The van der Waals surface area contributed by atoms with Gasteiger partial charge in [0.1, 0.15) is 0 Å². The summed E-state index contributed by atoms with van der Waals surface area (Å²) in [4.78, 5) is 13.6. The van der Waals surface area contributed by atoms with Crippen molar-refractivity contribution in [3.63, 3.8) is 0 Å². The Morgan fingerprint density at radius 1 is 1.53 bits per heavy atom. The highest BCUT2D eigenvalue weighted by atomic mass is 35.5. The molecule has 4 heteroatoms. The molecule has 1 amide bonds. The van der Waals surface area contributed by atoms with Crippen LogP contribution in [0, 0.1) is 11.3 Å². The maximum atomic E-state index is 12.4. The van der Waals surface area contributed by atoms with Gasteiger partial charge in [0.15, 0.2) is 0 Å². The lowest BCUT2D eigenvalue weighted by atomic mass is 9.91. The first-order chi connectivity index (χ1) is 9.04. The molecule has 1 heterocycles. The molecule has 1 aromatic heterocycles. The largest absolute Gasteiger partial charge is 0.348 e. The summed E-state index contributed by atoms with van der Waals surface area (Å²) < 4.78 is 0. The van der Waals surface area contributed by atoms with E-state index >= 15 is 0 Å². The van der Waals surface area contributed by atoms with Crippen molar-refractivity contribution >= 4 is 28.8 Å². The molecule has 2 nitrogen and oxygen atoms in total. The summed E-state index contributed by atoms with van der Waals surface area (Å²) >= 11 is 7.63. The molecule has 0 aromatic carbocycles. The van der Waals surface area contributed by atoms with Crippen LogP contribution in [0.4, 0.5) is 0 Å². The van der Waals surface area contributed by atoms with Gasteiger partial charge in [0.25, 0.3) is 0 Å². The lowest BCUT2D eigenvalue weighted by molar-refractivity contribution is -0.129. The molecule has 1 aliphatic carbocycles. The first-order valence-corrected chi connectivity index (χ1v) is 8.36. The van der Waals surface area contributed by atoms with Gasteiger partial charge in [-0.15, -0.1) is 22.9 Å². The lowest BCUT2D eigenvalue weighted by Gasteiger charge is -2.28. The van der Waals surface area contributed by atoms with Gasteiger partial charge in [0.05, 0.1) is 11.5 Å². The summed E-state index contributed by atoms with van der Waals surface area (Å²) in [5.41, 5.74) is -0.504. The average Bonchev–Trinajstić information content (AvgIpc) is 3.08. The Hall–Kier alpha value is -0.540. The number of alkyl halides is 1. The van der Waals surface area contributed by atoms with E-state index < -0.39 is 5.41 Å². The van der Waals surface area contributed by atoms with Gasteiger partial charge in [-0.1, -0.05) is 18.9 Å². The maximum absolute atomic E-state index is 12.4. The zero-order valence-corrected chi connectivity index (χ0v) is 13.2. The first kappa shape index (κ1) is 14.9. The number of carbonyl (C=O) groups excluding carboxylic acids is 1. The molecule has 1 fully saturated rings. The third-order valence-corrected chi connectivity index (χ3v) is 5.58. The Bertz CT molecular complexity index is 410. The molecule has 0 aliphatic heterocycles. The third-order valence-electron chi connectivity index (χ3n) is 3.96. The fraction of sp³-hybridized carbons (Fsp3) is 0.667. The van der Waals surface area contributed by atoms with Gasteiger partial charge in [0.2, 0.25) is 5.91 Å². The molecule has 1 unspecified atom stereocenters. The second-order valence-corrected chi connectivity index (χ2v) is 7.28. The summed E-state index contributed by atoms with van der Waals surface area (Å²) in [6.07, 6.45) is 4.98. The number of nitrogens with one attached hydrogen (secondary N) is 1. The number of amides is 1. The quantitative estimate of drug-likeness (QED) is 0.804. The highest BCUT2D eigenvalue weighted by Crippen LogP contribution is 2.38. The van der Waals surface area contributed by atoms with Crippen molar-refractivity contribution < 1.29 is 4.79 Å². The van der Waals surface area contributed by atoms with E-state index in [1.807, 2.05) is 13.8 Å². The van der Waals surface area contributed by atoms with E-state index in [-0.39, 0.29) is 11.9 Å². The molecule has 0 spiro atoms. The Kier molecular flexibility index (Phi) is 4.91. The summed E-state index contributed by atoms with van der Waals surface area (Å²) in [5, 5.41) is 5.32. The van der Waals surface area contributed by atoms with E-state index in [0.717, 1.165) is 0 Å². The molecule has 0 saturated heterocycles. The minimum atomic E-state index is -0.504. The van der Waals surface area contributed by atoms with Crippen molar-refractivity contribution in [3.8, 4) is 0 Å². The summed E-state index contributed by atoms with van der Waals surface area (Å²) in [6.45, 7) is 3.80. The van der Waals surface area contributed by atoms with Crippen LogP contribution in [-0.2, 0) is 4.79 Å². The minimum Gasteiger partial charge on any atom is -0.348 e. The molecule has 1 aromatic rings. The molecule has 1 aliphatic rings. The highest BCUT2D eigenvalue weighted by Gasteiger charge is 2.33. The molecule has 1 N–H and O–H groups in total. The maximum Gasteiger partial charge on any atom is 0.227 e. The van der Waals surface area contributed by atoms with Crippen molar-refractivity contribution in [1.82, 2.24) is 5.32 Å². The Morgan fingerprint density at radius 2 is 2.21 bits per heavy atom. The monoisotopic (exact) mass is 299 g/mol. The topological polar surface area (TPSA) is 29.1 Å². The van der Waals surface area contributed by atoms with Crippen LogP contribution in [-0.4, -0.2) is 11.8 Å². The standard InChI is InChI=1S/C15H22ClNOS/c1-15(2,10-16)14(18)17-13(11-6-3-4-7-11)12-8-5-9-19-12/h5,8-9,11,13H,3-4,6-7,10H2,1-2H3,(H,17,18). The van der Waals surface area contributed by atoms with E-state index in [9.17, 15) is 4.79 Å². The van der Waals surface area contributed by atoms with Crippen LogP contribution in [0.1, 0.15) is 50.4 Å². The van der Waals surface area contributed by atoms with Gasteiger partial charge >= 0.3 is 0 Å². The highest BCUT2D eigenvalue weighted by molar-refractivity contribution is 7.10. The van der Waals surface area contributed by atoms with E-state index in [2.05, 4.69) is 22.8 Å². The van der Waals surface area contributed by atoms with Crippen LogP contribution in [0.25, 0.3) is 0 Å². The van der Waals surface area contributed by atoms with Crippen molar-refractivity contribution in [2.24, 2.45) is 11.3 Å². The Morgan fingerprint density at radius 3 is 2.74 bits per heavy atom. The molecular formula is C15H22ClNOS. The molecular weight excluding hydrogens is 278 g/mol. The number of halogens is 1. The molecule has 1 atom stereocenters. The molecule has 0 radical (unpaired) electrons. The predicted octanol–water partition coefficient (Wildman–Crippen LogP) is 4.36. The second kappa shape index (κ2) is 6.27. The van der Waals surface area contributed by atoms with E-state index in [4.69, 9.17) is 11.6 Å². The number of hydrogen-bond acceptors (Lipinski definition) is 2. The zero-order valence-electron chi connectivity index (χ0n) is 11.6. The number of carbonyl (C=O) groups is 1. The second-order valence-electron chi connectivity index (χ2n) is 6.03. The number of rotatable bonds is 5. The average molecular weight is 300 g/mol. The van der Waals surface area contributed by atoms with Crippen LogP contribution < -0.4 is 5.32 Å². The Labute approximate surface area is 124 Å². The number of thiophene rings is 1. The van der Waals surface area contributed by atoms with Gasteiger partial charge < -0.3 is 5.32 Å². The first-order valence-electron chi connectivity index (χ1n) is 6.95. The van der Waals surface area contributed by atoms with Crippen LogP contribution in [0.5, 0.6) is 0 Å². The van der Waals surface area contributed by atoms with Gasteiger partial charge in [0, 0.05) is 10.8 Å². The molecule has 2 rings (SSSR count). The fourth-order valence-electron chi connectivity index (χ4n) is 2.58. The van der Waals surface area contributed by atoms with Gasteiger partial charge in [-0.05, 0) is 44.1 Å². The molecule has 19 heavy (non-hydrogen) atoms.